The Morgan fingerprint density at radius 3 is 2.50 bits per heavy atom. The van der Waals surface area contributed by atoms with E-state index in [4.69, 9.17) is 11.5 Å². The van der Waals surface area contributed by atoms with Gasteiger partial charge in [-0.1, -0.05) is 51.1 Å². The summed E-state index contributed by atoms with van der Waals surface area (Å²) in [6, 6.07) is 0. The highest BCUT2D eigenvalue weighted by Crippen LogP contribution is 2.24. The minimum absolute atomic E-state index is 0.581. The number of anilines is 1. The number of azo groups is 1. The van der Waals surface area contributed by atoms with Crippen LogP contribution in [0.15, 0.2) is 28.8 Å². The number of imidazole rings is 1. The van der Waals surface area contributed by atoms with Crippen LogP contribution in [0, 0.1) is 0 Å². The predicted octanol–water partition coefficient (Wildman–Crippen LogP) is 4.09. The monoisotopic (exact) mass is 389 g/mol. The van der Waals surface area contributed by atoms with Crippen LogP contribution in [0.1, 0.15) is 65.2 Å². The van der Waals surface area contributed by atoms with Gasteiger partial charge in [0, 0.05) is 11.7 Å². The smallest absolute Gasteiger partial charge is 0.382 e. The van der Waals surface area contributed by atoms with Gasteiger partial charge in [-0.2, -0.15) is 5.10 Å². The third-order valence-corrected chi connectivity index (χ3v) is 4.88. The zero-order valence-corrected chi connectivity index (χ0v) is 17.6. The lowest BCUT2D eigenvalue weighted by Crippen LogP contribution is -2.33. The van der Waals surface area contributed by atoms with Crippen molar-refractivity contribution < 1.29 is 4.57 Å². The molecule has 0 fully saturated rings. The van der Waals surface area contributed by atoms with Crippen LogP contribution < -0.4 is 16.0 Å². The van der Waals surface area contributed by atoms with Gasteiger partial charge in [0.2, 0.25) is 0 Å². The molecule has 0 radical (unpaired) electrons. The molecule has 0 amide bonds. The van der Waals surface area contributed by atoms with Gasteiger partial charge in [-0.25, -0.2) is 13.8 Å². The van der Waals surface area contributed by atoms with E-state index in [0.717, 1.165) is 44.8 Å². The first-order chi connectivity index (χ1) is 13.7. The van der Waals surface area contributed by atoms with Gasteiger partial charge >= 0.3 is 5.95 Å². The molecule has 0 aromatic carbocycles. The number of aryl methyl sites for hydroxylation is 3. The molecule has 28 heavy (non-hydrogen) atoms. The first kappa shape index (κ1) is 22.1. The zero-order chi connectivity index (χ0) is 20.2. The summed E-state index contributed by atoms with van der Waals surface area (Å²) in [5, 5.41) is 13.3. The Labute approximate surface area is 168 Å². The Bertz CT molecular complexity index is 716. The molecule has 0 unspecified atom stereocenters. The highest BCUT2D eigenvalue weighted by Gasteiger charge is 2.17. The lowest BCUT2D eigenvalue weighted by molar-refractivity contribution is -0.683. The molecule has 156 valence electrons. The van der Waals surface area contributed by atoms with E-state index in [1.807, 2.05) is 4.68 Å². The molecule has 0 aliphatic carbocycles. The van der Waals surface area contributed by atoms with Crippen LogP contribution in [0.2, 0.25) is 0 Å². The quantitative estimate of drug-likeness (QED) is 0.289. The van der Waals surface area contributed by atoms with Gasteiger partial charge in [-0.05, 0) is 25.8 Å². The lowest BCUT2D eigenvalue weighted by Gasteiger charge is -2.03. The highest BCUT2D eigenvalue weighted by atomic mass is 15.3. The fourth-order valence-corrected chi connectivity index (χ4v) is 3.14. The molecular weight excluding hydrogens is 352 g/mol. The van der Waals surface area contributed by atoms with Crippen molar-refractivity contribution in [3.05, 3.63) is 18.6 Å². The lowest BCUT2D eigenvalue weighted by atomic mass is 10.2. The number of nitrogen functional groups attached to an aromatic ring is 1. The summed E-state index contributed by atoms with van der Waals surface area (Å²) < 4.78 is 6.08. The zero-order valence-electron chi connectivity index (χ0n) is 17.6. The Morgan fingerprint density at radius 2 is 1.75 bits per heavy atom. The summed E-state index contributed by atoms with van der Waals surface area (Å²) in [5.74, 6) is 1.41. The Balaban J connectivity index is 2.10. The Morgan fingerprint density at radius 1 is 1.00 bits per heavy atom. The molecule has 8 nitrogen and oxygen atoms in total. The van der Waals surface area contributed by atoms with Gasteiger partial charge < -0.3 is 11.5 Å². The second-order valence-corrected chi connectivity index (χ2v) is 7.23. The van der Waals surface area contributed by atoms with Crippen molar-refractivity contribution in [2.75, 3.05) is 12.3 Å². The predicted molar refractivity (Wildman–Crippen MR) is 113 cm³/mol. The molecular formula is C20H37N8+. The van der Waals surface area contributed by atoms with Crippen LogP contribution in [0.3, 0.4) is 0 Å². The third-order valence-electron chi connectivity index (χ3n) is 4.88. The average Bonchev–Trinajstić information content (AvgIpc) is 3.25. The van der Waals surface area contributed by atoms with E-state index < -0.39 is 0 Å². The number of nitrogens with two attached hydrogens (primary N) is 2. The fourth-order valence-electron chi connectivity index (χ4n) is 3.14. The van der Waals surface area contributed by atoms with E-state index in [-0.39, 0.29) is 0 Å². The SMILES string of the molecule is CCCCCCn1ncc(N=Nc2n(CCCCC)cc[n+]2CCCN)c1N. The van der Waals surface area contributed by atoms with Crippen LogP contribution in [0.5, 0.6) is 0 Å². The van der Waals surface area contributed by atoms with E-state index >= 15 is 0 Å². The molecule has 4 N–H and O–H groups in total. The highest BCUT2D eigenvalue weighted by molar-refractivity contribution is 5.56. The summed E-state index contributed by atoms with van der Waals surface area (Å²) in [7, 11) is 0. The summed E-state index contributed by atoms with van der Waals surface area (Å²) in [5.41, 5.74) is 12.5. The van der Waals surface area contributed by atoms with Crippen molar-refractivity contribution in [3.63, 3.8) is 0 Å². The van der Waals surface area contributed by atoms with Gasteiger partial charge in [-0.15, -0.1) is 0 Å². The summed E-state index contributed by atoms with van der Waals surface area (Å²) in [6.07, 6.45) is 15.0. The van der Waals surface area contributed by atoms with E-state index in [0.29, 0.717) is 18.1 Å². The van der Waals surface area contributed by atoms with E-state index in [9.17, 15) is 0 Å². The molecule has 2 aromatic heterocycles. The largest absolute Gasteiger partial charge is 0.421 e. The maximum absolute atomic E-state index is 6.23. The molecule has 0 saturated heterocycles. The molecule has 0 bridgehead atoms. The molecule has 2 aromatic rings. The third kappa shape index (κ3) is 6.44. The van der Waals surface area contributed by atoms with Crippen LogP contribution >= 0.6 is 0 Å². The molecule has 0 saturated carbocycles. The number of aromatic nitrogens is 4. The molecule has 2 heterocycles. The minimum Gasteiger partial charge on any atom is -0.382 e. The van der Waals surface area contributed by atoms with Crippen LogP contribution in [-0.4, -0.2) is 20.9 Å². The second kappa shape index (κ2) is 12.3. The van der Waals surface area contributed by atoms with Crippen molar-refractivity contribution in [2.24, 2.45) is 16.0 Å². The first-order valence-corrected chi connectivity index (χ1v) is 10.7. The van der Waals surface area contributed by atoms with Crippen molar-refractivity contribution in [1.82, 2.24) is 14.3 Å². The standard InChI is InChI=1S/C20H36N8/c1-3-5-7-9-14-28-19(22)18(17-23-28)24-25-20-26(12-8-6-4-2)15-16-27(20)13-10-11-21/h15-17,22H,3-14,21H2,1-2H3/p+1. The summed E-state index contributed by atoms with van der Waals surface area (Å²) in [4.78, 5) is 0. The van der Waals surface area contributed by atoms with Gasteiger partial charge in [0.25, 0.3) is 0 Å². The summed E-state index contributed by atoms with van der Waals surface area (Å²) in [6.45, 7) is 7.66. The Hall–Kier alpha value is -2.22. The van der Waals surface area contributed by atoms with E-state index in [1.165, 1.54) is 32.1 Å². The van der Waals surface area contributed by atoms with Gasteiger partial charge in [0.15, 0.2) is 11.5 Å². The maximum atomic E-state index is 6.23. The number of hydrogen-bond acceptors (Lipinski definition) is 5. The van der Waals surface area contributed by atoms with E-state index in [2.05, 4.69) is 50.7 Å². The van der Waals surface area contributed by atoms with Crippen LogP contribution in [-0.2, 0) is 19.6 Å². The average molecular weight is 390 g/mol. The molecule has 0 aliphatic heterocycles. The van der Waals surface area contributed by atoms with Gasteiger partial charge in [0.05, 0.1) is 31.7 Å². The van der Waals surface area contributed by atoms with Crippen molar-refractivity contribution >= 4 is 17.5 Å². The molecule has 2 rings (SSSR count). The fraction of sp³-hybridized carbons (Fsp3) is 0.700. The van der Waals surface area contributed by atoms with Crippen molar-refractivity contribution in [2.45, 2.75) is 84.8 Å². The topological polar surface area (TPSA) is 103 Å². The molecule has 0 aliphatic rings. The van der Waals surface area contributed by atoms with Gasteiger partial charge in [-0.3, -0.25) is 0 Å². The van der Waals surface area contributed by atoms with Crippen LogP contribution in [0.4, 0.5) is 17.5 Å². The van der Waals surface area contributed by atoms with Crippen molar-refractivity contribution in [3.8, 4) is 0 Å². The number of hydrogen-bond donors (Lipinski definition) is 2. The minimum atomic E-state index is 0.581. The van der Waals surface area contributed by atoms with Crippen molar-refractivity contribution in [1.29, 1.82) is 0 Å². The normalized spacial score (nSPS) is 11.7. The first-order valence-electron chi connectivity index (χ1n) is 10.7. The molecule has 0 atom stereocenters. The van der Waals surface area contributed by atoms with E-state index in [1.54, 1.807) is 6.20 Å². The molecule has 0 spiro atoms. The second-order valence-electron chi connectivity index (χ2n) is 7.23. The molecule has 8 heteroatoms. The number of rotatable bonds is 14. The van der Waals surface area contributed by atoms with Crippen LogP contribution in [0.25, 0.3) is 0 Å². The maximum Gasteiger partial charge on any atom is 0.421 e. The summed E-state index contributed by atoms with van der Waals surface area (Å²) >= 11 is 0. The number of nitrogens with zero attached hydrogens (tertiary/aromatic N) is 6. The van der Waals surface area contributed by atoms with Gasteiger partial charge in [0.1, 0.15) is 0 Å². The Kier molecular flexibility index (Phi) is 9.68. The number of unbranched alkanes of at least 4 members (excludes halogenated alkanes) is 5.